The van der Waals surface area contributed by atoms with Crippen LogP contribution in [0.25, 0.3) is 0 Å². The first kappa shape index (κ1) is 17.1. The van der Waals surface area contributed by atoms with E-state index in [4.69, 9.17) is 4.74 Å². The molecular weight excluding hydrogens is 300 g/mol. The smallest absolute Gasteiger partial charge is 0.410 e. The van der Waals surface area contributed by atoms with Crippen molar-refractivity contribution < 1.29 is 19.4 Å². The Balaban J connectivity index is 2.26. The Kier molecular flexibility index (Phi) is 4.53. The van der Waals surface area contributed by atoms with E-state index in [2.05, 4.69) is 5.10 Å². The molecule has 0 fully saturated rings. The SMILES string of the molecule is CN(C)C(=O)c1nn2c(c1O)CN(C(=O)OC(C)(C)C)CCC2. The van der Waals surface area contributed by atoms with Crippen molar-refractivity contribution >= 4 is 12.0 Å². The number of hydrogen-bond acceptors (Lipinski definition) is 5. The molecule has 0 spiro atoms. The third-order valence-electron chi connectivity index (χ3n) is 3.43. The molecule has 0 radical (unpaired) electrons. The minimum atomic E-state index is -0.586. The van der Waals surface area contributed by atoms with Gasteiger partial charge in [-0.15, -0.1) is 0 Å². The highest BCUT2D eigenvalue weighted by atomic mass is 16.6. The molecule has 2 rings (SSSR count). The van der Waals surface area contributed by atoms with Crippen LogP contribution in [0.4, 0.5) is 4.79 Å². The lowest BCUT2D eigenvalue weighted by Gasteiger charge is -2.26. The van der Waals surface area contributed by atoms with Crippen molar-refractivity contribution in [1.29, 1.82) is 0 Å². The second-order valence-corrected chi connectivity index (χ2v) is 6.82. The standard InChI is InChI=1S/C15H24N4O4/c1-15(2,3)23-14(22)18-7-6-8-19-10(9-18)12(20)11(16-19)13(21)17(4)5/h20H,6-9H2,1-5H3. The molecule has 2 amide bonds. The van der Waals surface area contributed by atoms with Crippen LogP contribution in [0.2, 0.25) is 0 Å². The lowest BCUT2D eigenvalue weighted by molar-refractivity contribution is 0.0236. The maximum atomic E-state index is 12.3. The Hall–Kier alpha value is -2.25. The van der Waals surface area contributed by atoms with Crippen molar-refractivity contribution in [2.75, 3.05) is 20.6 Å². The van der Waals surface area contributed by atoms with Crippen molar-refractivity contribution in [1.82, 2.24) is 19.6 Å². The highest BCUT2D eigenvalue weighted by Crippen LogP contribution is 2.27. The van der Waals surface area contributed by atoms with Crippen LogP contribution in [0.3, 0.4) is 0 Å². The first-order valence-electron chi connectivity index (χ1n) is 7.58. The average Bonchev–Trinajstić information content (AvgIpc) is 2.61. The molecule has 8 nitrogen and oxygen atoms in total. The van der Waals surface area contributed by atoms with E-state index in [0.29, 0.717) is 25.2 Å². The van der Waals surface area contributed by atoms with Gasteiger partial charge in [-0.3, -0.25) is 9.48 Å². The summed E-state index contributed by atoms with van der Waals surface area (Å²) in [5.41, 5.74) is -0.118. The van der Waals surface area contributed by atoms with Crippen molar-refractivity contribution in [3.8, 4) is 5.75 Å². The van der Waals surface area contributed by atoms with Crippen LogP contribution >= 0.6 is 0 Å². The molecule has 0 aromatic carbocycles. The molecule has 0 saturated carbocycles. The van der Waals surface area contributed by atoms with Crippen LogP contribution in [-0.4, -0.2) is 62.9 Å². The molecule has 0 aliphatic carbocycles. The fourth-order valence-corrected chi connectivity index (χ4v) is 2.34. The van der Waals surface area contributed by atoms with E-state index >= 15 is 0 Å². The molecule has 0 bridgehead atoms. The monoisotopic (exact) mass is 324 g/mol. The van der Waals surface area contributed by atoms with E-state index in [1.165, 1.54) is 9.80 Å². The van der Waals surface area contributed by atoms with Crippen LogP contribution in [0.15, 0.2) is 0 Å². The van der Waals surface area contributed by atoms with Gasteiger partial charge in [0.1, 0.15) is 11.3 Å². The zero-order chi connectivity index (χ0) is 17.4. The molecule has 1 aromatic heterocycles. The number of nitrogens with zero attached hydrogens (tertiary/aromatic N) is 4. The van der Waals surface area contributed by atoms with E-state index < -0.39 is 11.7 Å². The summed E-state index contributed by atoms with van der Waals surface area (Å²) < 4.78 is 6.97. The fourth-order valence-electron chi connectivity index (χ4n) is 2.34. The largest absolute Gasteiger partial charge is 0.504 e. The number of rotatable bonds is 1. The van der Waals surface area contributed by atoms with E-state index in [1.807, 2.05) is 0 Å². The lowest BCUT2D eigenvalue weighted by atomic mass is 10.2. The van der Waals surface area contributed by atoms with Gasteiger partial charge >= 0.3 is 6.09 Å². The highest BCUT2D eigenvalue weighted by Gasteiger charge is 2.30. The summed E-state index contributed by atoms with van der Waals surface area (Å²) in [5.74, 6) is -0.536. The minimum absolute atomic E-state index is 0.0102. The van der Waals surface area contributed by atoms with Crippen LogP contribution in [0.1, 0.15) is 43.4 Å². The summed E-state index contributed by atoms with van der Waals surface area (Å²) in [4.78, 5) is 27.2. The predicted molar refractivity (Wildman–Crippen MR) is 83.2 cm³/mol. The fraction of sp³-hybridized carbons (Fsp3) is 0.667. The zero-order valence-corrected chi connectivity index (χ0v) is 14.3. The molecule has 1 N–H and O–H groups in total. The van der Waals surface area contributed by atoms with Gasteiger partial charge in [0, 0.05) is 27.2 Å². The summed E-state index contributed by atoms with van der Waals surface area (Å²) in [6, 6.07) is 0. The Labute approximate surface area is 135 Å². The lowest BCUT2D eigenvalue weighted by Crippen LogP contribution is -2.36. The van der Waals surface area contributed by atoms with Crippen molar-refractivity contribution in [3.63, 3.8) is 0 Å². The third kappa shape index (κ3) is 3.75. The van der Waals surface area contributed by atoms with Gasteiger partial charge < -0.3 is 19.6 Å². The number of aryl methyl sites for hydroxylation is 1. The maximum absolute atomic E-state index is 12.3. The predicted octanol–water partition coefficient (Wildman–Crippen LogP) is 1.43. The Bertz CT molecular complexity index is 616. The molecule has 23 heavy (non-hydrogen) atoms. The molecule has 1 aliphatic heterocycles. The number of aromatic hydroxyl groups is 1. The van der Waals surface area contributed by atoms with Gasteiger partial charge in [0.2, 0.25) is 0 Å². The Morgan fingerprint density at radius 2 is 1.91 bits per heavy atom. The van der Waals surface area contributed by atoms with Gasteiger partial charge in [-0.05, 0) is 27.2 Å². The topological polar surface area (TPSA) is 87.9 Å². The molecule has 128 valence electrons. The molecule has 1 aliphatic rings. The number of amides is 2. The van der Waals surface area contributed by atoms with Gasteiger partial charge in [0.15, 0.2) is 11.4 Å². The minimum Gasteiger partial charge on any atom is -0.504 e. The number of aromatic nitrogens is 2. The summed E-state index contributed by atoms with van der Waals surface area (Å²) >= 11 is 0. The first-order chi connectivity index (χ1) is 10.6. The summed E-state index contributed by atoms with van der Waals surface area (Å²) in [6.45, 7) is 6.61. The second-order valence-electron chi connectivity index (χ2n) is 6.82. The molecule has 2 heterocycles. The molecule has 1 aromatic rings. The molecule has 0 unspecified atom stereocenters. The summed E-state index contributed by atoms with van der Waals surface area (Å²) in [6.07, 6.45) is 0.232. The number of carbonyl (C=O) groups is 2. The number of carbonyl (C=O) groups excluding carboxylic acids is 2. The van der Waals surface area contributed by atoms with E-state index in [9.17, 15) is 14.7 Å². The number of hydrogen-bond donors (Lipinski definition) is 1. The normalized spacial score (nSPS) is 14.9. The first-order valence-corrected chi connectivity index (χ1v) is 7.58. The highest BCUT2D eigenvalue weighted by molar-refractivity contribution is 5.94. The maximum Gasteiger partial charge on any atom is 0.410 e. The number of ether oxygens (including phenoxy) is 1. The van der Waals surface area contributed by atoms with Gasteiger partial charge in [-0.1, -0.05) is 0 Å². The van der Waals surface area contributed by atoms with E-state index in [-0.39, 0.29) is 23.9 Å². The number of fused-ring (bicyclic) bond motifs is 1. The average molecular weight is 324 g/mol. The van der Waals surface area contributed by atoms with Crippen LogP contribution in [0, 0.1) is 0 Å². The summed E-state index contributed by atoms with van der Waals surface area (Å²) in [7, 11) is 3.19. The second kappa shape index (κ2) is 6.10. The van der Waals surface area contributed by atoms with Gasteiger partial charge in [-0.2, -0.15) is 5.10 Å². The zero-order valence-electron chi connectivity index (χ0n) is 14.3. The quantitative estimate of drug-likeness (QED) is 0.844. The van der Waals surface area contributed by atoms with Crippen molar-refractivity contribution in [2.24, 2.45) is 0 Å². The molecule has 8 heteroatoms. The molecular formula is C15H24N4O4. The molecule has 0 atom stereocenters. The Morgan fingerprint density at radius 1 is 1.26 bits per heavy atom. The van der Waals surface area contributed by atoms with Gasteiger partial charge in [0.25, 0.3) is 5.91 Å². The van der Waals surface area contributed by atoms with Gasteiger partial charge in [0.05, 0.1) is 6.54 Å². The van der Waals surface area contributed by atoms with Gasteiger partial charge in [-0.25, -0.2) is 4.79 Å². The summed E-state index contributed by atoms with van der Waals surface area (Å²) in [5, 5.41) is 14.5. The van der Waals surface area contributed by atoms with Crippen molar-refractivity contribution in [3.05, 3.63) is 11.4 Å². The van der Waals surface area contributed by atoms with E-state index in [1.54, 1.807) is 39.5 Å². The van der Waals surface area contributed by atoms with E-state index in [0.717, 1.165) is 0 Å². The van der Waals surface area contributed by atoms with Crippen LogP contribution in [-0.2, 0) is 17.8 Å². The van der Waals surface area contributed by atoms with Crippen molar-refractivity contribution in [2.45, 2.75) is 45.9 Å². The third-order valence-corrected chi connectivity index (χ3v) is 3.43. The molecule has 0 saturated heterocycles. The van der Waals surface area contributed by atoms with Crippen LogP contribution in [0.5, 0.6) is 5.75 Å². The Morgan fingerprint density at radius 3 is 2.48 bits per heavy atom. The van der Waals surface area contributed by atoms with Crippen LogP contribution < -0.4 is 0 Å².